The molecule has 0 saturated carbocycles. The van der Waals surface area contributed by atoms with Gasteiger partial charge >= 0.3 is 0 Å². The van der Waals surface area contributed by atoms with Crippen molar-refractivity contribution in [2.75, 3.05) is 13.1 Å². The summed E-state index contributed by atoms with van der Waals surface area (Å²) in [4.78, 5) is 14.4. The normalized spacial score (nSPS) is 20.4. The number of likely N-dealkylation sites (tertiary alicyclic amines) is 1. The lowest BCUT2D eigenvalue weighted by Crippen LogP contribution is -2.34. The van der Waals surface area contributed by atoms with E-state index in [1.807, 2.05) is 26.0 Å². The van der Waals surface area contributed by atoms with Gasteiger partial charge in [-0.15, -0.1) is 0 Å². The van der Waals surface area contributed by atoms with Gasteiger partial charge in [-0.05, 0) is 39.3 Å². The number of carbonyl (C=O) groups excluding carboxylic acids is 1. The average Bonchev–Trinajstić information content (AvgIpc) is 3.07. The molecule has 1 aliphatic rings. The molecule has 1 amide bonds. The molecule has 1 aromatic carbocycles. The fourth-order valence-electron chi connectivity index (χ4n) is 2.92. The van der Waals surface area contributed by atoms with Gasteiger partial charge in [0.05, 0.1) is 22.4 Å². The zero-order valence-corrected chi connectivity index (χ0v) is 14.2. The van der Waals surface area contributed by atoms with Crippen LogP contribution in [0.15, 0.2) is 28.8 Å². The summed E-state index contributed by atoms with van der Waals surface area (Å²) in [7, 11) is 0. The van der Waals surface area contributed by atoms with Crippen LogP contribution in [0.4, 0.5) is 0 Å². The Kier molecular flexibility index (Phi) is 4.32. The van der Waals surface area contributed by atoms with E-state index in [-0.39, 0.29) is 5.91 Å². The highest BCUT2D eigenvalue weighted by atomic mass is 16.5. The predicted octanol–water partition coefficient (Wildman–Crippen LogP) is 2.47. The van der Waals surface area contributed by atoms with Crippen molar-refractivity contribution in [2.24, 2.45) is 0 Å². The van der Waals surface area contributed by atoms with Crippen molar-refractivity contribution in [2.45, 2.75) is 39.4 Å². The van der Waals surface area contributed by atoms with Crippen LogP contribution in [-0.4, -0.2) is 39.8 Å². The highest BCUT2D eigenvalue weighted by molar-refractivity contribution is 5.97. The highest BCUT2D eigenvalue weighted by Gasteiger charge is 2.35. The van der Waals surface area contributed by atoms with Crippen molar-refractivity contribution in [3.63, 3.8) is 0 Å². The van der Waals surface area contributed by atoms with Gasteiger partial charge in [-0.25, -0.2) is 0 Å². The SMILES string of the molecule is Cc1noc(C)c1COc1ccccc1C(=O)N1CCC(C)(O)C1. The third kappa shape index (κ3) is 3.28. The maximum Gasteiger partial charge on any atom is 0.257 e. The zero-order valence-electron chi connectivity index (χ0n) is 14.2. The second kappa shape index (κ2) is 6.28. The number of nitrogens with zero attached hydrogens (tertiary/aromatic N) is 2. The number of hydrogen-bond acceptors (Lipinski definition) is 5. The number of aliphatic hydroxyl groups is 1. The summed E-state index contributed by atoms with van der Waals surface area (Å²) in [6.07, 6.45) is 0.584. The van der Waals surface area contributed by atoms with Crippen LogP contribution in [0, 0.1) is 13.8 Å². The lowest BCUT2D eigenvalue weighted by molar-refractivity contribution is 0.0569. The smallest absolute Gasteiger partial charge is 0.257 e. The molecule has 2 aromatic rings. The lowest BCUT2D eigenvalue weighted by atomic mass is 10.1. The number of amides is 1. The number of β-amino-alcohol motifs (C(OH)–C–C–N with tert-alkyl or cyclic N) is 1. The molecule has 128 valence electrons. The fraction of sp³-hybridized carbons (Fsp3) is 0.444. The second-order valence-corrected chi connectivity index (χ2v) is 6.56. The Hall–Kier alpha value is -2.34. The fourth-order valence-corrected chi connectivity index (χ4v) is 2.92. The molecule has 24 heavy (non-hydrogen) atoms. The monoisotopic (exact) mass is 330 g/mol. The molecule has 1 saturated heterocycles. The number of hydrogen-bond donors (Lipinski definition) is 1. The molecule has 1 fully saturated rings. The first kappa shape index (κ1) is 16.5. The molecular formula is C18H22N2O4. The molecule has 1 atom stereocenters. The summed E-state index contributed by atoms with van der Waals surface area (Å²) >= 11 is 0. The van der Waals surface area contributed by atoms with Gasteiger partial charge in [0.25, 0.3) is 5.91 Å². The first-order chi connectivity index (χ1) is 11.4. The molecular weight excluding hydrogens is 308 g/mol. The van der Waals surface area contributed by atoms with E-state index in [2.05, 4.69) is 5.16 Å². The third-order valence-corrected chi connectivity index (χ3v) is 4.41. The van der Waals surface area contributed by atoms with Gasteiger partial charge in [-0.2, -0.15) is 0 Å². The van der Waals surface area contributed by atoms with Crippen LogP contribution < -0.4 is 4.74 Å². The maximum absolute atomic E-state index is 12.8. The molecule has 6 nitrogen and oxygen atoms in total. The number of aromatic nitrogens is 1. The Labute approximate surface area is 141 Å². The average molecular weight is 330 g/mol. The molecule has 1 N–H and O–H groups in total. The molecule has 3 rings (SSSR count). The topological polar surface area (TPSA) is 75.8 Å². The van der Waals surface area contributed by atoms with E-state index < -0.39 is 5.60 Å². The molecule has 2 heterocycles. The maximum atomic E-state index is 12.8. The largest absolute Gasteiger partial charge is 0.488 e. The Morgan fingerprint density at radius 2 is 2.17 bits per heavy atom. The van der Waals surface area contributed by atoms with E-state index in [4.69, 9.17) is 9.26 Å². The van der Waals surface area contributed by atoms with Gasteiger partial charge in [0.15, 0.2) is 0 Å². The van der Waals surface area contributed by atoms with Crippen molar-refractivity contribution < 1.29 is 19.2 Å². The number of ether oxygens (including phenoxy) is 1. The third-order valence-electron chi connectivity index (χ3n) is 4.41. The van der Waals surface area contributed by atoms with E-state index >= 15 is 0 Å². The molecule has 1 aromatic heterocycles. The summed E-state index contributed by atoms with van der Waals surface area (Å²) in [5.41, 5.74) is 1.36. The summed E-state index contributed by atoms with van der Waals surface area (Å²) in [6.45, 7) is 6.62. The Morgan fingerprint density at radius 3 is 2.79 bits per heavy atom. The molecule has 1 unspecified atom stereocenters. The van der Waals surface area contributed by atoms with Gasteiger partial charge in [0.2, 0.25) is 0 Å². The summed E-state index contributed by atoms with van der Waals surface area (Å²) in [6, 6.07) is 7.17. The standard InChI is InChI=1S/C18H22N2O4/c1-12-15(13(2)24-19-12)10-23-16-7-5-4-6-14(16)17(21)20-9-8-18(3,22)11-20/h4-7,22H,8-11H2,1-3H3. The van der Waals surface area contributed by atoms with Gasteiger partial charge in [-0.1, -0.05) is 17.3 Å². The Morgan fingerprint density at radius 1 is 1.42 bits per heavy atom. The van der Waals surface area contributed by atoms with Gasteiger partial charge in [0.1, 0.15) is 18.1 Å². The summed E-state index contributed by atoms with van der Waals surface area (Å²) in [5.74, 6) is 1.11. The van der Waals surface area contributed by atoms with Gasteiger partial charge < -0.3 is 19.3 Å². The van der Waals surface area contributed by atoms with E-state index in [0.29, 0.717) is 43.2 Å². The van der Waals surface area contributed by atoms with Crippen molar-refractivity contribution >= 4 is 5.91 Å². The van der Waals surface area contributed by atoms with Crippen molar-refractivity contribution in [1.29, 1.82) is 0 Å². The molecule has 6 heteroatoms. The minimum Gasteiger partial charge on any atom is -0.488 e. The van der Waals surface area contributed by atoms with E-state index in [9.17, 15) is 9.90 Å². The van der Waals surface area contributed by atoms with Crippen molar-refractivity contribution in [1.82, 2.24) is 10.1 Å². The van der Waals surface area contributed by atoms with E-state index in [1.54, 1.807) is 24.0 Å². The summed E-state index contributed by atoms with van der Waals surface area (Å²) < 4.78 is 11.0. The van der Waals surface area contributed by atoms with Crippen LogP contribution >= 0.6 is 0 Å². The van der Waals surface area contributed by atoms with Crippen LogP contribution in [0.3, 0.4) is 0 Å². The number of rotatable bonds is 4. The quantitative estimate of drug-likeness (QED) is 0.932. The molecule has 0 bridgehead atoms. The number of aryl methyl sites for hydroxylation is 2. The van der Waals surface area contributed by atoms with Crippen molar-refractivity contribution in [3.05, 3.63) is 46.8 Å². The first-order valence-electron chi connectivity index (χ1n) is 8.02. The van der Waals surface area contributed by atoms with Crippen LogP contribution in [0.1, 0.15) is 40.7 Å². The number of benzene rings is 1. The van der Waals surface area contributed by atoms with E-state index in [0.717, 1.165) is 11.3 Å². The van der Waals surface area contributed by atoms with Crippen molar-refractivity contribution in [3.8, 4) is 5.75 Å². The Balaban J connectivity index is 1.77. The minimum absolute atomic E-state index is 0.123. The minimum atomic E-state index is -0.817. The van der Waals surface area contributed by atoms with Crippen LogP contribution in [0.2, 0.25) is 0 Å². The molecule has 1 aliphatic heterocycles. The van der Waals surface area contributed by atoms with Crippen LogP contribution in [0.5, 0.6) is 5.75 Å². The number of para-hydroxylation sites is 1. The Bertz CT molecular complexity index is 732. The molecule has 0 radical (unpaired) electrons. The molecule has 0 aliphatic carbocycles. The van der Waals surface area contributed by atoms with Crippen LogP contribution in [-0.2, 0) is 6.61 Å². The lowest BCUT2D eigenvalue weighted by Gasteiger charge is -2.20. The zero-order chi connectivity index (χ0) is 17.3. The molecule has 0 spiro atoms. The van der Waals surface area contributed by atoms with E-state index in [1.165, 1.54) is 0 Å². The highest BCUT2D eigenvalue weighted by Crippen LogP contribution is 2.27. The van der Waals surface area contributed by atoms with Gasteiger partial charge in [0, 0.05) is 13.1 Å². The summed E-state index contributed by atoms with van der Waals surface area (Å²) in [5, 5.41) is 14.0. The first-order valence-corrected chi connectivity index (χ1v) is 8.02. The van der Waals surface area contributed by atoms with Gasteiger partial charge in [-0.3, -0.25) is 4.79 Å². The van der Waals surface area contributed by atoms with Crippen LogP contribution in [0.25, 0.3) is 0 Å². The second-order valence-electron chi connectivity index (χ2n) is 6.56. The number of carbonyl (C=O) groups is 1. The predicted molar refractivity (Wildman–Crippen MR) is 87.9 cm³/mol.